The molecule has 132 valence electrons. The molecule has 24 heavy (non-hydrogen) atoms. The Hall–Kier alpha value is -1.76. The largest absolute Gasteiger partial charge is 0.383 e. The molecule has 2 aliphatic heterocycles. The molecule has 0 unspecified atom stereocenters. The van der Waals surface area contributed by atoms with Gasteiger partial charge in [-0.2, -0.15) is 0 Å². The van der Waals surface area contributed by atoms with Gasteiger partial charge in [0, 0.05) is 33.3 Å². The van der Waals surface area contributed by atoms with E-state index in [4.69, 9.17) is 4.74 Å². The van der Waals surface area contributed by atoms with Crippen LogP contribution in [0.15, 0.2) is 6.33 Å². The monoisotopic (exact) mass is 336 g/mol. The smallest absolute Gasteiger partial charge is 0.230 e. The number of carbonyl (C=O) groups excluding carboxylic acids is 1. The Balaban J connectivity index is 1.78. The van der Waals surface area contributed by atoms with Gasteiger partial charge in [0.2, 0.25) is 5.91 Å². The summed E-state index contributed by atoms with van der Waals surface area (Å²) in [6, 6.07) is 0. The number of likely N-dealkylation sites (tertiary alicyclic amines) is 1. The summed E-state index contributed by atoms with van der Waals surface area (Å²) in [4.78, 5) is 24.9. The Bertz CT molecular complexity index is 612. The van der Waals surface area contributed by atoms with Gasteiger partial charge in [0.05, 0.1) is 17.7 Å². The highest BCUT2D eigenvalue weighted by Gasteiger charge is 2.48. The lowest BCUT2D eigenvalue weighted by atomic mass is 9.78. The minimum atomic E-state index is -0.407. The third-order valence-electron chi connectivity index (χ3n) is 5.22. The van der Waals surface area contributed by atoms with Gasteiger partial charge in [0.25, 0.3) is 0 Å². The molecule has 1 spiro atoms. The zero-order valence-electron chi connectivity index (χ0n) is 14.4. The Morgan fingerprint density at radius 1 is 1.33 bits per heavy atom. The summed E-state index contributed by atoms with van der Waals surface area (Å²) in [6.45, 7) is 5.02. The fourth-order valence-corrected chi connectivity index (χ4v) is 3.86. The molecule has 0 saturated carbocycles. The Labute approximate surface area is 142 Å². The number of halogens is 1. The molecule has 3 rings (SSSR count). The van der Waals surface area contributed by atoms with Crippen molar-refractivity contribution in [3.8, 4) is 0 Å². The summed E-state index contributed by atoms with van der Waals surface area (Å²) >= 11 is 0. The van der Waals surface area contributed by atoms with Gasteiger partial charge in [-0.05, 0) is 25.7 Å². The fourth-order valence-electron chi connectivity index (χ4n) is 3.86. The number of hydrogen-bond acceptors (Lipinski definition) is 5. The average Bonchev–Trinajstić information content (AvgIpc) is 3.01. The van der Waals surface area contributed by atoms with E-state index in [9.17, 15) is 9.18 Å². The summed E-state index contributed by atoms with van der Waals surface area (Å²) in [5, 5.41) is 0. The molecule has 0 aromatic carbocycles. The molecule has 0 aliphatic carbocycles. The van der Waals surface area contributed by atoms with E-state index >= 15 is 0 Å². The molecule has 1 aromatic heterocycles. The van der Waals surface area contributed by atoms with Crippen LogP contribution in [-0.2, 0) is 16.0 Å². The molecule has 2 aliphatic rings. The van der Waals surface area contributed by atoms with Crippen LogP contribution in [0.1, 0.15) is 31.9 Å². The van der Waals surface area contributed by atoms with Crippen molar-refractivity contribution in [1.29, 1.82) is 0 Å². The Morgan fingerprint density at radius 3 is 2.92 bits per heavy atom. The van der Waals surface area contributed by atoms with Crippen molar-refractivity contribution in [2.45, 2.75) is 32.6 Å². The number of nitrogens with zero attached hydrogens (tertiary/aromatic N) is 4. The Kier molecular flexibility index (Phi) is 4.99. The minimum absolute atomic E-state index is 0.179. The van der Waals surface area contributed by atoms with Crippen LogP contribution in [0.3, 0.4) is 0 Å². The van der Waals surface area contributed by atoms with Crippen molar-refractivity contribution in [2.24, 2.45) is 5.41 Å². The van der Waals surface area contributed by atoms with Crippen molar-refractivity contribution >= 4 is 11.7 Å². The first-order chi connectivity index (χ1) is 11.6. The number of rotatable bonds is 5. The topological polar surface area (TPSA) is 58.6 Å². The molecule has 2 fully saturated rings. The molecule has 1 amide bonds. The first-order valence-electron chi connectivity index (χ1n) is 8.64. The number of amides is 1. The van der Waals surface area contributed by atoms with Crippen LogP contribution in [0.25, 0.3) is 0 Å². The van der Waals surface area contributed by atoms with Gasteiger partial charge in [-0.15, -0.1) is 0 Å². The highest BCUT2D eigenvalue weighted by Crippen LogP contribution is 2.41. The van der Waals surface area contributed by atoms with Gasteiger partial charge >= 0.3 is 0 Å². The van der Waals surface area contributed by atoms with Gasteiger partial charge in [0.15, 0.2) is 11.6 Å². The van der Waals surface area contributed by atoms with Crippen molar-refractivity contribution in [2.75, 3.05) is 44.8 Å². The van der Waals surface area contributed by atoms with E-state index in [1.54, 1.807) is 7.11 Å². The molecule has 7 heteroatoms. The summed E-state index contributed by atoms with van der Waals surface area (Å²) in [5.41, 5.74) is 0.0214. The normalized spacial score (nSPS) is 24.2. The van der Waals surface area contributed by atoms with E-state index in [0.717, 1.165) is 25.8 Å². The molecule has 0 bridgehead atoms. The number of aromatic nitrogens is 2. The molecule has 3 heterocycles. The van der Waals surface area contributed by atoms with Gasteiger partial charge < -0.3 is 14.5 Å². The summed E-state index contributed by atoms with van der Waals surface area (Å²) in [6.07, 6.45) is 4.54. The zero-order chi connectivity index (χ0) is 17.2. The number of hydrogen-bond donors (Lipinski definition) is 0. The second-order valence-corrected chi connectivity index (χ2v) is 6.65. The van der Waals surface area contributed by atoms with Crippen molar-refractivity contribution in [3.05, 3.63) is 17.8 Å². The van der Waals surface area contributed by atoms with Gasteiger partial charge in [-0.3, -0.25) is 4.79 Å². The van der Waals surface area contributed by atoms with Crippen LogP contribution in [-0.4, -0.2) is 60.7 Å². The Morgan fingerprint density at radius 2 is 2.17 bits per heavy atom. The number of aryl methyl sites for hydroxylation is 1. The molecule has 0 radical (unpaired) electrons. The second kappa shape index (κ2) is 7.01. The number of carbonyl (C=O) groups is 1. The standard InChI is InChI=1S/C17H25FN4O2/c1-3-13-14(18)15(20-12-19-13)22-8-6-17(11-22)5-4-7-21(16(17)23)9-10-24-2/h12H,3-11H2,1-2H3/t17-/m0/s1. The molecular formula is C17H25FN4O2. The molecule has 2 saturated heterocycles. The molecule has 1 atom stereocenters. The zero-order valence-corrected chi connectivity index (χ0v) is 14.4. The highest BCUT2D eigenvalue weighted by atomic mass is 19.1. The van der Waals surface area contributed by atoms with Crippen molar-refractivity contribution in [1.82, 2.24) is 14.9 Å². The van der Waals surface area contributed by atoms with Gasteiger partial charge in [-0.25, -0.2) is 14.4 Å². The van der Waals surface area contributed by atoms with Gasteiger partial charge in [-0.1, -0.05) is 6.92 Å². The minimum Gasteiger partial charge on any atom is -0.383 e. The molecule has 1 aromatic rings. The maximum atomic E-state index is 14.5. The summed E-state index contributed by atoms with van der Waals surface area (Å²) in [7, 11) is 1.64. The lowest BCUT2D eigenvalue weighted by Crippen LogP contribution is -2.51. The lowest BCUT2D eigenvalue weighted by molar-refractivity contribution is -0.145. The van der Waals surface area contributed by atoms with E-state index in [0.29, 0.717) is 44.2 Å². The summed E-state index contributed by atoms with van der Waals surface area (Å²) < 4.78 is 19.6. The van der Waals surface area contributed by atoms with Crippen LogP contribution < -0.4 is 4.90 Å². The lowest BCUT2D eigenvalue weighted by Gasteiger charge is -2.39. The van der Waals surface area contributed by atoms with E-state index in [2.05, 4.69) is 9.97 Å². The SMILES string of the molecule is CCc1ncnc(N2CC[C@@]3(CCCN(CCOC)C3=O)C2)c1F. The predicted molar refractivity (Wildman–Crippen MR) is 88.3 cm³/mol. The molecule has 0 N–H and O–H groups in total. The molecule has 6 nitrogen and oxygen atoms in total. The summed E-state index contributed by atoms with van der Waals surface area (Å²) in [5.74, 6) is 0.163. The van der Waals surface area contributed by atoms with E-state index < -0.39 is 5.41 Å². The van der Waals surface area contributed by atoms with E-state index in [1.165, 1.54) is 6.33 Å². The third kappa shape index (κ3) is 2.97. The third-order valence-corrected chi connectivity index (χ3v) is 5.22. The van der Waals surface area contributed by atoms with Gasteiger partial charge in [0.1, 0.15) is 6.33 Å². The van der Waals surface area contributed by atoms with E-state index in [-0.39, 0.29) is 11.7 Å². The van der Waals surface area contributed by atoms with Crippen LogP contribution in [0.4, 0.5) is 10.2 Å². The average molecular weight is 336 g/mol. The van der Waals surface area contributed by atoms with E-state index in [1.807, 2.05) is 16.7 Å². The number of piperidine rings is 1. The quantitative estimate of drug-likeness (QED) is 0.818. The van der Waals surface area contributed by atoms with Crippen molar-refractivity contribution < 1.29 is 13.9 Å². The van der Waals surface area contributed by atoms with Crippen LogP contribution >= 0.6 is 0 Å². The number of anilines is 1. The maximum absolute atomic E-state index is 14.5. The maximum Gasteiger partial charge on any atom is 0.230 e. The van der Waals surface area contributed by atoms with Crippen LogP contribution in [0.2, 0.25) is 0 Å². The predicted octanol–water partition coefficient (Wildman–Crippen LogP) is 1.64. The number of ether oxygens (including phenoxy) is 1. The van der Waals surface area contributed by atoms with Crippen LogP contribution in [0.5, 0.6) is 0 Å². The highest BCUT2D eigenvalue weighted by molar-refractivity contribution is 5.85. The fraction of sp³-hybridized carbons (Fsp3) is 0.706. The number of methoxy groups -OCH3 is 1. The first-order valence-corrected chi connectivity index (χ1v) is 8.64. The van der Waals surface area contributed by atoms with Crippen molar-refractivity contribution in [3.63, 3.8) is 0 Å². The second-order valence-electron chi connectivity index (χ2n) is 6.65. The first kappa shape index (κ1) is 17.1. The molecular weight excluding hydrogens is 311 g/mol. The van der Waals surface area contributed by atoms with Crippen LogP contribution in [0, 0.1) is 11.2 Å².